The van der Waals surface area contributed by atoms with Crippen LogP contribution in [0.15, 0.2) is 48.5 Å². The van der Waals surface area contributed by atoms with Gasteiger partial charge in [-0.2, -0.15) is 0 Å². The second-order valence-electron chi connectivity index (χ2n) is 6.04. The van der Waals surface area contributed by atoms with Gasteiger partial charge in [-0.25, -0.2) is 19.1 Å². The van der Waals surface area contributed by atoms with Crippen molar-refractivity contribution < 1.29 is 14.3 Å². The van der Waals surface area contributed by atoms with Crippen molar-refractivity contribution in [3.63, 3.8) is 0 Å². The lowest BCUT2D eigenvalue weighted by Crippen LogP contribution is -2.55. The lowest BCUT2D eigenvalue weighted by Gasteiger charge is -2.37. The maximum absolute atomic E-state index is 13.2. The van der Waals surface area contributed by atoms with Crippen LogP contribution in [-0.2, 0) is 11.3 Å². The van der Waals surface area contributed by atoms with Gasteiger partial charge in [0.05, 0.1) is 29.9 Å². The molecule has 0 aliphatic carbocycles. The van der Waals surface area contributed by atoms with Crippen molar-refractivity contribution in [2.24, 2.45) is 0 Å². The summed E-state index contributed by atoms with van der Waals surface area (Å²) < 4.78 is 6.59. The minimum Gasteiger partial charge on any atom is -0.448 e. The Kier molecular flexibility index (Phi) is 3.84. The number of rotatable bonds is 2. The van der Waals surface area contributed by atoms with Crippen LogP contribution in [-0.4, -0.2) is 33.3 Å². The van der Waals surface area contributed by atoms with E-state index in [1.165, 1.54) is 4.57 Å². The van der Waals surface area contributed by atoms with Gasteiger partial charge in [-0.05, 0) is 38.1 Å². The summed E-state index contributed by atoms with van der Waals surface area (Å²) >= 11 is 0. The Labute approximate surface area is 150 Å². The van der Waals surface area contributed by atoms with Crippen LogP contribution in [0.5, 0.6) is 0 Å². The van der Waals surface area contributed by atoms with Crippen molar-refractivity contribution >= 4 is 28.8 Å². The number of aryl methyl sites for hydroxylation is 1. The lowest BCUT2D eigenvalue weighted by molar-refractivity contribution is 0.107. The summed E-state index contributed by atoms with van der Waals surface area (Å²) in [5.74, 6) is 0.581. The Balaban J connectivity index is 1.86. The first-order valence-corrected chi connectivity index (χ1v) is 8.42. The van der Waals surface area contributed by atoms with Crippen molar-refractivity contribution in [1.82, 2.24) is 14.6 Å². The van der Waals surface area contributed by atoms with E-state index < -0.39 is 12.1 Å². The number of hydrazine groups is 1. The topological polar surface area (TPSA) is 67.7 Å². The van der Waals surface area contributed by atoms with Gasteiger partial charge in [0.25, 0.3) is 0 Å². The molecule has 132 valence electrons. The molecular weight excluding hydrogens is 332 g/mol. The van der Waals surface area contributed by atoms with Gasteiger partial charge >= 0.3 is 12.1 Å². The van der Waals surface area contributed by atoms with Crippen LogP contribution < -0.4 is 5.01 Å². The number of nitrogens with zero attached hydrogens (tertiary/aromatic N) is 4. The van der Waals surface area contributed by atoms with Crippen LogP contribution in [0.25, 0.3) is 11.0 Å². The standard InChI is InChI=1S/C19H18N4O3/c1-3-26-19(25)23-18(24)22-16-7-5-4-6-15(16)20-17(22)12-21(23)14-10-8-13(2)9-11-14/h4-11H,3,12H2,1-2H3. The first-order valence-electron chi connectivity index (χ1n) is 8.42. The molecule has 7 heteroatoms. The molecule has 1 aliphatic rings. The number of para-hydroxylation sites is 2. The fourth-order valence-corrected chi connectivity index (χ4v) is 3.08. The quantitative estimate of drug-likeness (QED) is 0.705. The van der Waals surface area contributed by atoms with Crippen LogP contribution in [0.3, 0.4) is 0 Å². The summed E-state index contributed by atoms with van der Waals surface area (Å²) in [6, 6.07) is 14.5. The van der Waals surface area contributed by atoms with Crippen LogP contribution >= 0.6 is 0 Å². The SMILES string of the molecule is CCOC(=O)N1C(=O)n2c(nc3ccccc32)CN1c1ccc(C)cc1. The van der Waals surface area contributed by atoms with E-state index in [1.54, 1.807) is 11.9 Å². The summed E-state index contributed by atoms with van der Waals surface area (Å²) in [5, 5.41) is 2.64. The molecule has 0 fully saturated rings. The zero-order valence-corrected chi connectivity index (χ0v) is 14.5. The van der Waals surface area contributed by atoms with Crippen LogP contribution in [0, 0.1) is 6.92 Å². The van der Waals surface area contributed by atoms with E-state index in [2.05, 4.69) is 4.98 Å². The fourth-order valence-electron chi connectivity index (χ4n) is 3.08. The zero-order valence-electron chi connectivity index (χ0n) is 14.5. The number of imidazole rings is 1. The number of benzene rings is 2. The van der Waals surface area contributed by atoms with E-state index in [4.69, 9.17) is 4.74 Å². The highest BCUT2D eigenvalue weighted by molar-refractivity contribution is 6.00. The highest BCUT2D eigenvalue weighted by atomic mass is 16.6. The average Bonchev–Trinajstić information content (AvgIpc) is 3.01. The second-order valence-corrected chi connectivity index (χ2v) is 6.04. The van der Waals surface area contributed by atoms with Gasteiger partial charge in [0, 0.05) is 0 Å². The summed E-state index contributed by atoms with van der Waals surface area (Å²) in [4.78, 5) is 30.3. The number of amides is 2. The average molecular weight is 350 g/mol. The van der Waals surface area contributed by atoms with Gasteiger partial charge in [-0.3, -0.25) is 5.01 Å². The van der Waals surface area contributed by atoms with Gasteiger partial charge < -0.3 is 4.74 Å². The van der Waals surface area contributed by atoms with Crippen LogP contribution in [0.4, 0.5) is 15.3 Å². The molecule has 0 bridgehead atoms. The fraction of sp³-hybridized carbons (Fsp3) is 0.211. The molecule has 2 aromatic carbocycles. The first-order chi connectivity index (χ1) is 12.6. The van der Waals surface area contributed by atoms with E-state index in [1.807, 2.05) is 55.5 Å². The molecule has 0 N–H and O–H groups in total. The first kappa shape index (κ1) is 16.1. The minimum atomic E-state index is -0.707. The number of hydrogen-bond donors (Lipinski definition) is 0. The van der Waals surface area contributed by atoms with Gasteiger partial charge in [-0.15, -0.1) is 5.01 Å². The summed E-state index contributed by atoms with van der Waals surface area (Å²) in [7, 11) is 0. The van der Waals surface area contributed by atoms with E-state index in [0.717, 1.165) is 16.3 Å². The molecule has 0 radical (unpaired) electrons. The van der Waals surface area contributed by atoms with Crippen molar-refractivity contribution in [2.45, 2.75) is 20.4 Å². The third-order valence-corrected chi connectivity index (χ3v) is 4.31. The van der Waals surface area contributed by atoms with Gasteiger partial charge in [0.15, 0.2) is 0 Å². The smallest absolute Gasteiger partial charge is 0.437 e. The van der Waals surface area contributed by atoms with Crippen molar-refractivity contribution in [3.05, 3.63) is 59.9 Å². The maximum Gasteiger partial charge on any atom is 0.437 e. The molecule has 0 spiro atoms. The van der Waals surface area contributed by atoms with Crippen molar-refractivity contribution in [2.75, 3.05) is 11.6 Å². The maximum atomic E-state index is 13.2. The zero-order chi connectivity index (χ0) is 18.3. The molecule has 4 rings (SSSR count). The van der Waals surface area contributed by atoms with E-state index in [-0.39, 0.29) is 13.2 Å². The molecule has 7 nitrogen and oxygen atoms in total. The summed E-state index contributed by atoms with van der Waals surface area (Å²) in [6.45, 7) is 4.15. The minimum absolute atomic E-state index is 0.182. The molecule has 2 heterocycles. The Morgan fingerprint density at radius 2 is 1.88 bits per heavy atom. The number of carbonyl (C=O) groups is 2. The van der Waals surface area contributed by atoms with Crippen LogP contribution in [0.1, 0.15) is 18.3 Å². The highest BCUT2D eigenvalue weighted by Crippen LogP contribution is 2.28. The number of anilines is 1. The molecule has 3 aromatic rings. The molecule has 0 atom stereocenters. The highest BCUT2D eigenvalue weighted by Gasteiger charge is 2.38. The van der Waals surface area contributed by atoms with Gasteiger partial charge in [0.1, 0.15) is 5.82 Å². The molecule has 1 aliphatic heterocycles. The second kappa shape index (κ2) is 6.18. The van der Waals surface area contributed by atoms with E-state index >= 15 is 0 Å². The predicted octanol–water partition coefficient (Wildman–Crippen LogP) is 3.71. The monoisotopic (exact) mass is 350 g/mol. The molecule has 0 saturated carbocycles. The number of aromatic nitrogens is 2. The van der Waals surface area contributed by atoms with E-state index in [9.17, 15) is 9.59 Å². The summed E-state index contributed by atoms with van der Waals surface area (Å²) in [5.41, 5.74) is 3.19. The van der Waals surface area contributed by atoms with Crippen LogP contribution in [0.2, 0.25) is 0 Å². The van der Waals surface area contributed by atoms with Crippen molar-refractivity contribution in [1.29, 1.82) is 0 Å². The molecule has 26 heavy (non-hydrogen) atoms. The molecular formula is C19H18N4O3. The molecule has 0 unspecified atom stereocenters. The van der Waals surface area contributed by atoms with Gasteiger partial charge in [-0.1, -0.05) is 29.8 Å². The number of hydrogen-bond acceptors (Lipinski definition) is 5. The lowest BCUT2D eigenvalue weighted by atomic mass is 10.2. The Hall–Kier alpha value is -3.35. The normalized spacial score (nSPS) is 13.8. The molecule has 0 saturated heterocycles. The van der Waals surface area contributed by atoms with E-state index in [0.29, 0.717) is 16.9 Å². The number of imide groups is 1. The number of fused-ring (bicyclic) bond motifs is 3. The third kappa shape index (κ3) is 2.48. The molecule has 2 amide bonds. The number of ether oxygens (including phenoxy) is 1. The van der Waals surface area contributed by atoms with Gasteiger partial charge in [0.2, 0.25) is 0 Å². The van der Waals surface area contributed by atoms with Crippen molar-refractivity contribution in [3.8, 4) is 0 Å². The Morgan fingerprint density at radius 1 is 1.15 bits per heavy atom. The number of carbonyl (C=O) groups excluding carboxylic acids is 2. The summed E-state index contributed by atoms with van der Waals surface area (Å²) in [6.07, 6.45) is -0.707. The Bertz CT molecular complexity index is 994. The largest absolute Gasteiger partial charge is 0.448 e. The Morgan fingerprint density at radius 3 is 2.62 bits per heavy atom. The third-order valence-electron chi connectivity index (χ3n) is 4.31. The predicted molar refractivity (Wildman–Crippen MR) is 96.8 cm³/mol. The molecule has 1 aromatic heterocycles.